The van der Waals surface area contributed by atoms with Crippen molar-refractivity contribution in [2.45, 2.75) is 6.61 Å². The topological polar surface area (TPSA) is 9.23 Å². The lowest BCUT2D eigenvalue weighted by molar-refractivity contribution is 0.304. The quantitative estimate of drug-likeness (QED) is 0.781. The van der Waals surface area contributed by atoms with Crippen molar-refractivity contribution in [2.24, 2.45) is 0 Å². The minimum atomic E-state index is -0.298. The Morgan fingerprint density at radius 2 is 1.81 bits per heavy atom. The molecule has 0 aliphatic heterocycles. The van der Waals surface area contributed by atoms with Crippen LogP contribution >= 0.6 is 11.6 Å². The summed E-state index contributed by atoms with van der Waals surface area (Å²) < 4.78 is 18.3. The molecule has 0 bridgehead atoms. The number of halogens is 2. The van der Waals surface area contributed by atoms with Gasteiger partial charge in [-0.05, 0) is 29.8 Å². The van der Waals surface area contributed by atoms with Crippen LogP contribution in [0.15, 0.2) is 48.5 Å². The van der Waals surface area contributed by atoms with E-state index < -0.39 is 0 Å². The Bertz CT molecular complexity index is 468. The highest BCUT2D eigenvalue weighted by molar-refractivity contribution is 6.30. The summed E-state index contributed by atoms with van der Waals surface area (Å²) in [4.78, 5) is 0. The molecule has 0 atom stereocenters. The molecule has 0 aromatic heterocycles. The van der Waals surface area contributed by atoms with Crippen LogP contribution in [-0.4, -0.2) is 0 Å². The van der Waals surface area contributed by atoms with Gasteiger partial charge >= 0.3 is 0 Å². The highest BCUT2D eigenvalue weighted by atomic mass is 35.5. The Hall–Kier alpha value is -1.54. The van der Waals surface area contributed by atoms with Gasteiger partial charge in [-0.3, -0.25) is 0 Å². The highest BCUT2D eigenvalue weighted by Crippen LogP contribution is 2.15. The van der Waals surface area contributed by atoms with E-state index in [1.54, 1.807) is 24.3 Å². The molecule has 0 heterocycles. The number of benzene rings is 2. The average molecular weight is 237 g/mol. The molecule has 1 nitrogen and oxygen atoms in total. The first-order valence-electron chi connectivity index (χ1n) is 4.87. The van der Waals surface area contributed by atoms with Crippen LogP contribution in [0, 0.1) is 5.82 Å². The number of hydrogen-bond acceptors (Lipinski definition) is 1. The molecule has 82 valence electrons. The van der Waals surface area contributed by atoms with Gasteiger partial charge < -0.3 is 4.74 Å². The van der Waals surface area contributed by atoms with Crippen molar-refractivity contribution in [1.29, 1.82) is 0 Å². The van der Waals surface area contributed by atoms with Crippen LogP contribution in [0.4, 0.5) is 4.39 Å². The fourth-order valence-corrected chi connectivity index (χ4v) is 1.43. The molecule has 2 aromatic rings. The maximum absolute atomic E-state index is 12.8. The first kappa shape index (κ1) is 11.0. The average Bonchev–Trinajstić information content (AvgIpc) is 2.28. The van der Waals surface area contributed by atoms with Gasteiger partial charge in [-0.15, -0.1) is 0 Å². The zero-order chi connectivity index (χ0) is 11.4. The van der Waals surface area contributed by atoms with Crippen molar-refractivity contribution in [3.8, 4) is 5.75 Å². The van der Waals surface area contributed by atoms with Crippen LogP contribution in [0.3, 0.4) is 0 Å². The number of ether oxygens (including phenoxy) is 1. The molecule has 0 radical (unpaired) electrons. The zero-order valence-electron chi connectivity index (χ0n) is 8.49. The Kier molecular flexibility index (Phi) is 3.42. The molecule has 0 spiro atoms. The maximum atomic E-state index is 12.8. The first-order valence-corrected chi connectivity index (χ1v) is 5.25. The summed E-state index contributed by atoms with van der Waals surface area (Å²) in [5, 5.41) is 0.689. The van der Waals surface area contributed by atoms with E-state index in [1.807, 2.05) is 12.1 Å². The van der Waals surface area contributed by atoms with Gasteiger partial charge in [-0.2, -0.15) is 0 Å². The summed E-state index contributed by atoms with van der Waals surface area (Å²) in [6.07, 6.45) is 0. The Morgan fingerprint density at radius 3 is 2.50 bits per heavy atom. The van der Waals surface area contributed by atoms with Crippen LogP contribution < -0.4 is 4.74 Å². The van der Waals surface area contributed by atoms with Crippen molar-refractivity contribution in [3.63, 3.8) is 0 Å². The summed E-state index contributed by atoms with van der Waals surface area (Å²) in [5.74, 6) is 0.226. The summed E-state index contributed by atoms with van der Waals surface area (Å²) in [6.45, 7) is 0.403. The van der Waals surface area contributed by atoms with Crippen LogP contribution in [0.5, 0.6) is 5.75 Å². The third-order valence-electron chi connectivity index (χ3n) is 2.11. The van der Waals surface area contributed by atoms with Gasteiger partial charge in [0.25, 0.3) is 0 Å². The largest absolute Gasteiger partial charge is 0.489 e. The van der Waals surface area contributed by atoms with Crippen molar-refractivity contribution in [1.82, 2.24) is 0 Å². The SMILES string of the molecule is Fc1cccc(OCc2ccc(Cl)cc2)c1. The van der Waals surface area contributed by atoms with Crippen LogP contribution in [0.25, 0.3) is 0 Å². The molecule has 0 saturated heterocycles. The van der Waals surface area contributed by atoms with Gasteiger partial charge in [-0.25, -0.2) is 4.39 Å². The van der Waals surface area contributed by atoms with Gasteiger partial charge in [0.1, 0.15) is 18.2 Å². The van der Waals surface area contributed by atoms with Crippen molar-refractivity contribution in [3.05, 3.63) is 64.9 Å². The molecular formula is C13H10ClFO. The lowest BCUT2D eigenvalue weighted by Crippen LogP contribution is -1.95. The molecule has 16 heavy (non-hydrogen) atoms. The maximum Gasteiger partial charge on any atom is 0.126 e. The first-order chi connectivity index (χ1) is 7.74. The predicted octanol–water partition coefficient (Wildman–Crippen LogP) is 4.06. The molecule has 2 aromatic carbocycles. The Labute approximate surface area is 98.4 Å². The molecule has 0 aliphatic carbocycles. The lowest BCUT2D eigenvalue weighted by atomic mass is 10.2. The number of rotatable bonds is 3. The minimum Gasteiger partial charge on any atom is -0.489 e. The van der Waals surface area contributed by atoms with E-state index in [1.165, 1.54) is 12.1 Å². The van der Waals surface area contributed by atoms with E-state index in [0.717, 1.165) is 5.56 Å². The molecular weight excluding hydrogens is 227 g/mol. The second-order valence-corrected chi connectivity index (χ2v) is 3.81. The van der Waals surface area contributed by atoms with E-state index in [0.29, 0.717) is 17.4 Å². The lowest BCUT2D eigenvalue weighted by Gasteiger charge is -2.06. The van der Waals surface area contributed by atoms with Crippen molar-refractivity contribution in [2.75, 3.05) is 0 Å². The Morgan fingerprint density at radius 1 is 1.06 bits per heavy atom. The molecule has 0 aliphatic rings. The summed E-state index contributed by atoms with van der Waals surface area (Å²) >= 11 is 5.76. The van der Waals surface area contributed by atoms with E-state index >= 15 is 0 Å². The van der Waals surface area contributed by atoms with Crippen LogP contribution in [0.2, 0.25) is 5.02 Å². The highest BCUT2D eigenvalue weighted by Gasteiger charge is 1.97. The fraction of sp³-hybridized carbons (Fsp3) is 0.0769. The van der Waals surface area contributed by atoms with E-state index in [-0.39, 0.29) is 5.82 Å². The standard InChI is InChI=1S/C13H10ClFO/c14-11-6-4-10(5-7-11)9-16-13-3-1-2-12(15)8-13/h1-8H,9H2. The molecule has 0 amide bonds. The van der Waals surface area contributed by atoms with Gasteiger partial charge in [0.05, 0.1) is 0 Å². The summed E-state index contributed by atoms with van der Waals surface area (Å²) in [5.41, 5.74) is 0.994. The monoisotopic (exact) mass is 236 g/mol. The zero-order valence-corrected chi connectivity index (χ0v) is 9.25. The molecule has 0 fully saturated rings. The van der Waals surface area contributed by atoms with Gasteiger partial charge in [-0.1, -0.05) is 29.8 Å². The third kappa shape index (κ3) is 2.97. The molecule has 3 heteroatoms. The number of hydrogen-bond donors (Lipinski definition) is 0. The second kappa shape index (κ2) is 4.99. The van der Waals surface area contributed by atoms with Gasteiger partial charge in [0, 0.05) is 11.1 Å². The molecule has 2 rings (SSSR count). The summed E-state index contributed by atoms with van der Waals surface area (Å²) in [7, 11) is 0. The second-order valence-electron chi connectivity index (χ2n) is 3.37. The Balaban J connectivity index is 1.99. The molecule has 0 N–H and O–H groups in total. The third-order valence-corrected chi connectivity index (χ3v) is 2.37. The van der Waals surface area contributed by atoms with E-state index in [4.69, 9.17) is 16.3 Å². The smallest absolute Gasteiger partial charge is 0.126 e. The van der Waals surface area contributed by atoms with Gasteiger partial charge in [0.15, 0.2) is 0 Å². The van der Waals surface area contributed by atoms with Crippen LogP contribution in [0.1, 0.15) is 5.56 Å². The fourth-order valence-electron chi connectivity index (χ4n) is 1.30. The van der Waals surface area contributed by atoms with Crippen molar-refractivity contribution >= 4 is 11.6 Å². The van der Waals surface area contributed by atoms with E-state index in [2.05, 4.69) is 0 Å². The van der Waals surface area contributed by atoms with Crippen LogP contribution in [-0.2, 0) is 6.61 Å². The van der Waals surface area contributed by atoms with Crippen molar-refractivity contribution < 1.29 is 9.13 Å². The summed E-state index contributed by atoms with van der Waals surface area (Å²) in [6, 6.07) is 13.4. The minimum absolute atomic E-state index is 0.298. The predicted molar refractivity (Wildman–Crippen MR) is 62.2 cm³/mol. The molecule has 0 unspecified atom stereocenters. The molecule has 0 saturated carbocycles. The van der Waals surface area contributed by atoms with E-state index in [9.17, 15) is 4.39 Å². The normalized spacial score (nSPS) is 10.1. The van der Waals surface area contributed by atoms with Gasteiger partial charge in [0.2, 0.25) is 0 Å².